The molecule has 1 aliphatic rings. The molecule has 2 N–H and O–H groups in total. The maximum Gasteiger partial charge on any atom is 0.223 e. The van der Waals surface area contributed by atoms with E-state index in [2.05, 4.69) is 46.9 Å². The molecule has 1 saturated heterocycles. The number of halogens is 1. The molecule has 1 aromatic rings. The summed E-state index contributed by atoms with van der Waals surface area (Å²) in [6.45, 7) is 8.81. The number of rotatable bonds is 8. The molecule has 1 atom stereocenters. The fourth-order valence-corrected chi connectivity index (χ4v) is 4.09. The molecule has 1 amide bonds. The van der Waals surface area contributed by atoms with Crippen molar-refractivity contribution in [1.82, 2.24) is 20.4 Å². The van der Waals surface area contributed by atoms with Crippen molar-refractivity contribution < 1.29 is 4.79 Å². The standard InChI is InChI=1S/C20H35N5OS.HI/c1-5-21-20(22-11-8-19(26)24(3)4)23-15-17(18-7-6-14-27-18)25-12-9-16(2)10-13-25;/h6-7,14,16-17H,5,8-13,15H2,1-4H3,(H2,21,22,23);1H. The van der Waals surface area contributed by atoms with Crippen LogP contribution in [0, 0.1) is 5.92 Å². The second-order valence-electron chi connectivity index (χ2n) is 7.43. The molecule has 6 nitrogen and oxygen atoms in total. The molecular weight excluding hydrogens is 485 g/mol. The molecular formula is C20H36IN5OS. The predicted molar refractivity (Wildman–Crippen MR) is 130 cm³/mol. The van der Waals surface area contributed by atoms with Crippen LogP contribution in [0.15, 0.2) is 22.5 Å². The molecule has 0 radical (unpaired) electrons. The largest absolute Gasteiger partial charge is 0.357 e. The Morgan fingerprint density at radius 1 is 1.36 bits per heavy atom. The average Bonchev–Trinajstić information content (AvgIpc) is 3.17. The number of likely N-dealkylation sites (tertiary alicyclic amines) is 1. The number of nitrogens with zero attached hydrogens (tertiary/aromatic N) is 3. The summed E-state index contributed by atoms with van der Waals surface area (Å²) in [6.07, 6.45) is 2.99. The number of piperidine rings is 1. The molecule has 2 rings (SSSR count). The minimum atomic E-state index is 0. The summed E-state index contributed by atoms with van der Waals surface area (Å²) < 4.78 is 0. The lowest BCUT2D eigenvalue weighted by atomic mass is 9.97. The Balaban J connectivity index is 0.00000392. The van der Waals surface area contributed by atoms with Crippen LogP contribution in [-0.2, 0) is 4.79 Å². The summed E-state index contributed by atoms with van der Waals surface area (Å²) in [4.78, 5) is 22.2. The third kappa shape index (κ3) is 8.24. The Bertz CT molecular complexity index is 585. The van der Waals surface area contributed by atoms with Crippen molar-refractivity contribution in [3.05, 3.63) is 22.4 Å². The maximum absolute atomic E-state index is 11.8. The van der Waals surface area contributed by atoms with Crippen LogP contribution in [0.1, 0.15) is 44.0 Å². The lowest BCUT2D eigenvalue weighted by molar-refractivity contribution is -0.128. The predicted octanol–water partition coefficient (Wildman–Crippen LogP) is 3.17. The molecule has 0 saturated carbocycles. The summed E-state index contributed by atoms with van der Waals surface area (Å²) in [5.41, 5.74) is 0. The number of aliphatic imine (C=N–C) groups is 1. The molecule has 2 heterocycles. The number of nitrogens with one attached hydrogen (secondary N) is 2. The number of thiophene rings is 1. The van der Waals surface area contributed by atoms with Gasteiger partial charge < -0.3 is 15.5 Å². The van der Waals surface area contributed by atoms with Gasteiger partial charge in [0, 0.05) is 38.5 Å². The van der Waals surface area contributed by atoms with E-state index in [0.29, 0.717) is 19.0 Å². The van der Waals surface area contributed by atoms with Crippen LogP contribution in [0.25, 0.3) is 0 Å². The fourth-order valence-electron chi connectivity index (χ4n) is 3.24. The molecule has 1 aromatic heterocycles. The zero-order valence-electron chi connectivity index (χ0n) is 17.6. The van der Waals surface area contributed by atoms with E-state index in [1.807, 2.05) is 11.3 Å². The van der Waals surface area contributed by atoms with E-state index in [9.17, 15) is 4.79 Å². The minimum absolute atomic E-state index is 0. The lowest BCUT2D eigenvalue weighted by Gasteiger charge is -2.35. The fraction of sp³-hybridized carbons (Fsp3) is 0.700. The number of guanidine groups is 1. The van der Waals surface area contributed by atoms with Crippen LogP contribution in [0.5, 0.6) is 0 Å². The van der Waals surface area contributed by atoms with Gasteiger partial charge in [0.1, 0.15) is 0 Å². The van der Waals surface area contributed by atoms with Crippen LogP contribution in [-0.4, -0.2) is 68.5 Å². The van der Waals surface area contributed by atoms with Crippen molar-refractivity contribution in [2.45, 2.75) is 39.2 Å². The van der Waals surface area contributed by atoms with Crippen molar-refractivity contribution >= 4 is 47.2 Å². The lowest BCUT2D eigenvalue weighted by Crippen LogP contribution is -2.41. The van der Waals surface area contributed by atoms with Crippen LogP contribution in [0.4, 0.5) is 0 Å². The van der Waals surface area contributed by atoms with Crippen LogP contribution in [0.2, 0.25) is 0 Å². The Hall–Kier alpha value is -0.870. The van der Waals surface area contributed by atoms with E-state index in [1.165, 1.54) is 17.7 Å². The molecule has 1 aliphatic heterocycles. The van der Waals surface area contributed by atoms with Gasteiger partial charge in [0.25, 0.3) is 0 Å². The van der Waals surface area contributed by atoms with Crippen LogP contribution in [0.3, 0.4) is 0 Å². The third-order valence-corrected chi connectivity index (χ3v) is 6.00. The van der Waals surface area contributed by atoms with Gasteiger partial charge in [0.2, 0.25) is 5.91 Å². The number of carbonyl (C=O) groups is 1. The highest BCUT2D eigenvalue weighted by Crippen LogP contribution is 2.29. The smallest absolute Gasteiger partial charge is 0.223 e. The molecule has 0 aromatic carbocycles. The first-order chi connectivity index (χ1) is 13.0. The zero-order chi connectivity index (χ0) is 19.6. The van der Waals surface area contributed by atoms with Gasteiger partial charge in [-0.05, 0) is 50.2 Å². The first kappa shape index (κ1) is 25.2. The maximum atomic E-state index is 11.8. The second-order valence-corrected chi connectivity index (χ2v) is 8.41. The highest BCUT2D eigenvalue weighted by atomic mass is 127. The summed E-state index contributed by atoms with van der Waals surface area (Å²) in [6, 6.07) is 4.68. The van der Waals surface area contributed by atoms with Gasteiger partial charge in [-0.1, -0.05) is 13.0 Å². The van der Waals surface area contributed by atoms with Crippen molar-refractivity contribution in [3.63, 3.8) is 0 Å². The third-order valence-electron chi connectivity index (χ3n) is 5.03. The van der Waals surface area contributed by atoms with E-state index < -0.39 is 0 Å². The van der Waals surface area contributed by atoms with Gasteiger partial charge in [0.05, 0.1) is 12.6 Å². The zero-order valence-corrected chi connectivity index (χ0v) is 20.8. The van der Waals surface area contributed by atoms with Crippen molar-refractivity contribution in [2.24, 2.45) is 10.9 Å². The molecule has 1 unspecified atom stereocenters. The summed E-state index contributed by atoms with van der Waals surface area (Å²) in [7, 11) is 3.57. The van der Waals surface area contributed by atoms with Gasteiger partial charge in [-0.2, -0.15) is 0 Å². The van der Waals surface area contributed by atoms with E-state index >= 15 is 0 Å². The van der Waals surface area contributed by atoms with E-state index in [1.54, 1.807) is 19.0 Å². The topological polar surface area (TPSA) is 60.0 Å². The van der Waals surface area contributed by atoms with Crippen molar-refractivity contribution in [3.8, 4) is 0 Å². The molecule has 0 aliphatic carbocycles. The quantitative estimate of drug-likeness (QED) is 0.314. The first-order valence-electron chi connectivity index (χ1n) is 10.0. The highest BCUT2D eigenvalue weighted by molar-refractivity contribution is 14.0. The van der Waals surface area contributed by atoms with Crippen molar-refractivity contribution in [2.75, 3.05) is 46.8 Å². The van der Waals surface area contributed by atoms with Crippen LogP contribution < -0.4 is 10.6 Å². The number of hydrogen-bond donors (Lipinski definition) is 2. The number of carbonyl (C=O) groups excluding carboxylic acids is 1. The number of amides is 1. The first-order valence-corrected chi connectivity index (χ1v) is 10.9. The van der Waals surface area contributed by atoms with Gasteiger partial charge in [-0.3, -0.25) is 14.7 Å². The van der Waals surface area contributed by atoms with Gasteiger partial charge in [0.15, 0.2) is 5.96 Å². The Morgan fingerprint density at radius 2 is 2.07 bits per heavy atom. The van der Waals surface area contributed by atoms with Gasteiger partial charge >= 0.3 is 0 Å². The average molecular weight is 522 g/mol. The monoisotopic (exact) mass is 521 g/mol. The normalized spacial score (nSPS) is 16.9. The molecule has 0 spiro atoms. The van der Waals surface area contributed by atoms with E-state index in [0.717, 1.165) is 38.1 Å². The van der Waals surface area contributed by atoms with Gasteiger partial charge in [-0.15, -0.1) is 35.3 Å². The minimum Gasteiger partial charge on any atom is -0.357 e. The molecule has 160 valence electrons. The summed E-state index contributed by atoms with van der Waals surface area (Å²) in [5.74, 6) is 1.73. The molecule has 8 heteroatoms. The summed E-state index contributed by atoms with van der Waals surface area (Å²) >= 11 is 1.81. The molecule has 0 bridgehead atoms. The Labute approximate surface area is 191 Å². The van der Waals surface area contributed by atoms with E-state index in [-0.39, 0.29) is 29.9 Å². The molecule has 28 heavy (non-hydrogen) atoms. The summed E-state index contributed by atoms with van der Waals surface area (Å²) in [5, 5.41) is 8.74. The SMILES string of the molecule is CCNC(=NCC(c1cccs1)N1CCC(C)CC1)NCCC(=O)N(C)C.I. The Morgan fingerprint density at radius 3 is 2.64 bits per heavy atom. The molecule has 1 fully saturated rings. The highest BCUT2D eigenvalue weighted by Gasteiger charge is 2.25. The second kappa shape index (κ2) is 13.4. The number of hydrogen-bond acceptors (Lipinski definition) is 4. The van der Waals surface area contributed by atoms with Crippen LogP contribution >= 0.6 is 35.3 Å². The Kier molecular flexibility index (Phi) is 12.0. The van der Waals surface area contributed by atoms with Gasteiger partial charge in [-0.25, -0.2) is 0 Å². The van der Waals surface area contributed by atoms with E-state index in [4.69, 9.17) is 4.99 Å². The van der Waals surface area contributed by atoms with Crippen molar-refractivity contribution in [1.29, 1.82) is 0 Å².